The third-order valence-corrected chi connectivity index (χ3v) is 6.14. The molecule has 31 heavy (non-hydrogen) atoms. The Morgan fingerprint density at radius 2 is 1.77 bits per heavy atom. The van der Waals surface area contributed by atoms with Crippen LogP contribution in [0.15, 0.2) is 70.8 Å². The fourth-order valence-corrected chi connectivity index (χ4v) is 4.44. The van der Waals surface area contributed by atoms with E-state index < -0.39 is 0 Å². The molecule has 0 bridgehead atoms. The first-order valence-corrected chi connectivity index (χ1v) is 11.2. The second kappa shape index (κ2) is 9.67. The van der Waals surface area contributed by atoms with Crippen molar-refractivity contribution in [3.63, 3.8) is 0 Å². The molecule has 0 radical (unpaired) electrons. The molecule has 2 aromatic carbocycles. The average molecular weight is 449 g/mol. The Morgan fingerprint density at radius 1 is 1.00 bits per heavy atom. The van der Waals surface area contributed by atoms with Crippen LogP contribution in [0.5, 0.6) is 0 Å². The second-order valence-electron chi connectivity index (χ2n) is 6.70. The summed E-state index contributed by atoms with van der Waals surface area (Å²) in [6, 6.07) is 17.5. The second-order valence-corrected chi connectivity index (χ2v) is 8.83. The van der Waals surface area contributed by atoms with E-state index in [1.165, 1.54) is 28.7 Å². The largest absolute Gasteiger partial charge is 0.326 e. The van der Waals surface area contributed by atoms with Gasteiger partial charge in [0.1, 0.15) is 5.82 Å². The molecule has 9 heteroatoms. The molecule has 0 saturated carbocycles. The monoisotopic (exact) mass is 448 g/mol. The number of rotatable bonds is 7. The van der Waals surface area contributed by atoms with Crippen molar-refractivity contribution in [3.8, 4) is 0 Å². The third-order valence-electron chi connectivity index (χ3n) is 4.19. The number of nitrogens with zero attached hydrogens (tertiary/aromatic N) is 4. The quantitative estimate of drug-likeness (QED) is 0.410. The number of hydrogen-bond donors (Lipinski definition) is 2. The lowest BCUT2D eigenvalue weighted by atomic mass is 10.2. The molecule has 7 nitrogen and oxygen atoms in total. The van der Waals surface area contributed by atoms with Crippen LogP contribution in [0, 0.1) is 13.8 Å². The van der Waals surface area contributed by atoms with Crippen molar-refractivity contribution in [2.75, 3.05) is 10.6 Å². The predicted molar refractivity (Wildman–Crippen MR) is 124 cm³/mol. The van der Waals surface area contributed by atoms with Crippen molar-refractivity contribution in [2.45, 2.75) is 30.3 Å². The number of carbonyl (C=O) groups is 1. The maximum atomic E-state index is 12.3. The minimum Gasteiger partial charge on any atom is -0.326 e. The first kappa shape index (κ1) is 21.0. The van der Waals surface area contributed by atoms with Gasteiger partial charge in [0.2, 0.25) is 11.9 Å². The SMILES string of the molecule is Cc1nc(Nc2ncc(CC(=O)Nc3ccccc3)s2)nc(Sc2ccccc2C)n1. The van der Waals surface area contributed by atoms with Gasteiger partial charge in [-0.1, -0.05) is 36.4 Å². The maximum Gasteiger partial charge on any atom is 0.233 e. The molecule has 4 aromatic rings. The zero-order chi connectivity index (χ0) is 21.6. The molecule has 0 aliphatic carbocycles. The van der Waals surface area contributed by atoms with E-state index in [0.29, 0.717) is 22.1 Å². The number of aryl methyl sites for hydroxylation is 2. The molecule has 156 valence electrons. The van der Waals surface area contributed by atoms with Gasteiger partial charge in [-0.25, -0.2) is 9.97 Å². The summed E-state index contributed by atoms with van der Waals surface area (Å²) in [6.45, 7) is 3.89. The molecular formula is C22H20N6OS2. The highest BCUT2D eigenvalue weighted by atomic mass is 32.2. The minimum absolute atomic E-state index is 0.0886. The Bertz CT molecular complexity index is 1200. The van der Waals surface area contributed by atoms with Crippen LogP contribution in [0.1, 0.15) is 16.3 Å². The molecule has 2 aromatic heterocycles. The molecule has 1 amide bonds. The fraction of sp³-hybridized carbons (Fsp3) is 0.136. The number of amides is 1. The van der Waals surface area contributed by atoms with Crippen LogP contribution < -0.4 is 10.6 Å². The van der Waals surface area contributed by atoms with E-state index >= 15 is 0 Å². The predicted octanol–water partition coefficient (Wildman–Crippen LogP) is 5.02. The Hall–Kier alpha value is -3.30. The van der Waals surface area contributed by atoms with Gasteiger partial charge in [-0.05, 0) is 49.4 Å². The van der Waals surface area contributed by atoms with Crippen molar-refractivity contribution in [2.24, 2.45) is 0 Å². The number of aromatic nitrogens is 4. The van der Waals surface area contributed by atoms with Crippen LogP contribution in [-0.4, -0.2) is 25.8 Å². The number of nitrogens with one attached hydrogen (secondary N) is 2. The van der Waals surface area contributed by atoms with Gasteiger partial charge in [-0.15, -0.1) is 11.3 Å². The van der Waals surface area contributed by atoms with Crippen LogP contribution >= 0.6 is 23.1 Å². The first-order chi connectivity index (χ1) is 15.0. The van der Waals surface area contributed by atoms with Crippen molar-refractivity contribution < 1.29 is 4.79 Å². The minimum atomic E-state index is -0.0886. The summed E-state index contributed by atoms with van der Waals surface area (Å²) in [4.78, 5) is 31.8. The molecular weight excluding hydrogens is 428 g/mol. The van der Waals surface area contributed by atoms with Gasteiger partial charge >= 0.3 is 0 Å². The van der Waals surface area contributed by atoms with Gasteiger partial charge in [-0.3, -0.25) is 10.1 Å². The molecule has 2 heterocycles. The molecule has 0 aliphatic rings. The topological polar surface area (TPSA) is 92.7 Å². The first-order valence-electron chi connectivity index (χ1n) is 9.58. The number of hydrogen-bond acceptors (Lipinski definition) is 8. The number of benzene rings is 2. The number of thiazole rings is 1. The Morgan fingerprint density at radius 3 is 2.58 bits per heavy atom. The van der Waals surface area contributed by atoms with Crippen molar-refractivity contribution in [1.82, 2.24) is 19.9 Å². The highest BCUT2D eigenvalue weighted by Gasteiger charge is 2.11. The van der Waals surface area contributed by atoms with E-state index in [-0.39, 0.29) is 12.3 Å². The van der Waals surface area contributed by atoms with Gasteiger partial charge in [0.25, 0.3) is 0 Å². The number of anilines is 3. The average Bonchev–Trinajstić information content (AvgIpc) is 3.16. The molecule has 0 fully saturated rings. The summed E-state index contributed by atoms with van der Waals surface area (Å²) in [6.07, 6.45) is 1.94. The van der Waals surface area contributed by atoms with Gasteiger partial charge in [-0.2, -0.15) is 9.97 Å². The molecule has 4 rings (SSSR count). The highest BCUT2D eigenvalue weighted by Crippen LogP contribution is 2.29. The molecule has 0 aliphatic heterocycles. The Kier molecular flexibility index (Phi) is 6.54. The highest BCUT2D eigenvalue weighted by molar-refractivity contribution is 7.99. The van der Waals surface area contributed by atoms with E-state index in [2.05, 4.69) is 43.6 Å². The summed E-state index contributed by atoms with van der Waals surface area (Å²) in [7, 11) is 0. The molecule has 0 atom stereocenters. The zero-order valence-corrected chi connectivity index (χ0v) is 18.6. The van der Waals surface area contributed by atoms with E-state index in [1.54, 1.807) is 6.20 Å². The Balaban J connectivity index is 1.41. The van der Waals surface area contributed by atoms with Crippen LogP contribution in [-0.2, 0) is 11.2 Å². The van der Waals surface area contributed by atoms with Gasteiger partial charge in [0.15, 0.2) is 10.3 Å². The molecule has 0 spiro atoms. The summed E-state index contributed by atoms with van der Waals surface area (Å²) in [5, 5.41) is 7.24. The fourth-order valence-electron chi connectivity index (χ4n) is 2.76. The summed E-state index contributed by atoms with van der Waals surface area (Å²) in [5.74, 6) is 0.958. The van der Waals surface area contributed by atoms with Crippen molar-refractivity contribution in [1.29, 1.82) is 0 Å². The van der Waals surface area contributed by atoms with E-state index in [1.807, 2.05) is 55.5 Å². The number of para-hydroxylation sites is 1. The van der Waals surface area contributed by atoms with Gasteiger partial charge < -0.3 is 5.32 Å². The number of carbonyl (C=O) groups excluding carboxylic acids is 1. The Labute approximate surface area is 188 Å². The lowest BCUT2D eigenvalue weighted by Gasteiger charge is -2.07. The summed E-state index contributed by atoms with van der Waals surface area (Å²) < 4.78 is 0. The van der Waals surface area contributed by atoms with Gasteiger partial charge in [0.05, 0.1) is 6.42 Å². The standard InChI is InChI=1S/C22H20N6OS2/c1-14-8-6-7-11-18(14)31-22-25-15(2)24-20(28-22)27-21-23-13-17(30-21)12-19(29)26-16-9-4-3-5-10-16/h3-11,13H,12H2,1-2H3,(H,26,29)(H,23,24,25,27,28). The van der Waals surface area contributed by atoms with E-state index in [4.69, 9.17) is 0 Å². The summed E-state index contributed by atoms with van der Waals surface area (Å²) >= 11 is 2.89. The van der Waals surface area contributed by atoms with Crippen LogP contribution in [0.25, 0.3) is 0 Å². The third kappa shape index (κ3) is 5.87. The van der Waals surface area contributed by atoms with E-state index in [0.717, 1.165) is 15.5 Å². The molecule has 0 unspecified atom stereocenters. The summed E-state index contributed by atoms with van der Waals surface area (Å²) in [5.41, 5.74) is 1.94. The van der Waals surface area contributed by atoms with Crippen molar-refractivity contribution >= 4 is 45.8 Å². The van der Waals surface area contributed by atoms with Gasteiger partial charge in [0, 0.05) is 21.7 Å². The lowest BCUT2D eigenvalue weighted by Crippen LogP contribution is -2.13. The lowest BCUT2D eigenvalue weighted by molar-refractivity contribution is -0.115. The van der Waals surface area contributed by atoms with Crippen molar-refractivity contribution in [3.05, 3.63) is 77.1 Å². The molecule has 2 N–H and O–H groups in total. The maximum absolute atomic E-state index is 12.3. The van der Waals surface area contributed by atoms with Crippen LogP contribution in [0.2, 0.25) is 0 Å². The van der Waals surface area contributed by atoms with Crippen LogP contribution in [0.4, 0.5) is 16.8 Å². The molecule has 0 saturated heterocycles. The van der Waals surface area contributed by atoms with E-state index in [9.17, 15) is 4.79 Å². The van der Waals surface area contributed by atoms with Crippen LogP contribution in [0.3, 0.4) is 0 Å². The zero-order valence-electron chi connectivity index (χ0n) is 17.0. The smallest absolute Gasteiger partial charge is 0.233 e. The normalized spacial score (nSPS) is 10.6.